The van der Waals surface area contributed by atoms with Crippen molar-refractivity contribution in [3.8, 4) is 5.75 Å². The average molecular weight is 240 g/mol. The molecule has 2 nitrogen and oxygen atoms in total. The van der Waals surface area contributed by atoms with E-state index in [1.165, 1.54) is 25.7 Å². The summed E-state index contributed by atoms with van der Waals surface area (Å²) in [4.78, 5) is 0. The first-order valence-corrected chi connectivity index (χ1v) is 6.29. The number of hydrogen-bond donors (Lipinski definition) is 1. The quantitative estimate of drug-likeness (QED) is 0.875. The van der Waals surface area contributed by atoms with Gasteiger partial charge in [-0.2, -0.15) is 0 Å². The molecule has 0 amide bonds. The molecule has 88 valence electrons. The van der Waals surface area contributed by atoms with Crippen LogP contribution in [0, 0.1) is 5.92 Å². The summed E-state index contributed by atoms with van der Waals surface area (Å²) in [7, 11) is 0. The standard InChI is InChI=1S/C13H18ClNO/c14-12-7-3-6-11(8-15)13(12)16-9-10-4-1-2-5-10/h3,6-7,10H,1-2,4-5,8-9,15H2. The van der Waals surface area contributed by atoms with Gasteiger partial charge < -0.3 is 10.5 Å². The van der Waals surface area contributed by atoms with Crippen LogP contribution >= 0.6 is 11.6 Å². The summed E-state index contributed by atoms with van der Waals surface area (Å²) in [6, 6.07) is 5.73. The Labute approximate surface area is 102 Å². The number of nitrogens with two attached hydrogens (primary N) is 1. The van der Waals surface area contributed by atoms with Gasteiger partial charge in [0.1, 0.15) is 5.75 Å². The van der Waals surface area contributed by atoms with Gasteiger partial charge in [0.15, 0.2) is 0 Å². The Hall–Kier alpha value is -0.730. The maximum Gasteiger partial charge on any atom is 0.142 e. The molecule has 0 unspecified atom stereocenters. The van der Waals surface area contributed by atoms with E-state index in [-0.39, 0.29) is 0 Å². The van der Waals surface area contributed by atoms with Crippen molar-refractivity contribution in [3.05, 3.63) is 28.8 Å². The minimum Gasteiger partial charge on any atom is -0.491 e. The molecular formula is C13H18ClNO. The van der Waals surface area contributed by atoms with Gasteiger partial charge in [-0.15, -0.1) is 0 Å². The summed E-state index contributed by atoms with van der Waals surface area (Å²) in [6.45, 7) is 1.25. The van der Waals surface area contributed by atoms with Crippen molar-refractivity contribution >= 4 is 11.6 Å². The molecule has 1 aromatic carbocycles. The molecule has 2 rings (SSSR count). The molecule has 0 spiro atoms. The van der Waals surface area contributed by atoms with Gasteiger partial charge in [-0.05, 0) is 24.8 Å². The Balaban J connectivity index is 2.01. The zero-order chi connectivity index (χ0) is 11.4. The summed E-state index contributed by atoms with van der Waals surface area (Å²) in [5.41, 5.74) is 6.66. The Bertz CT molecular complexity index is 348. The zero-order valence-corrected chi connectivity index (χ0v) is 10.2. The molecule has 2 N–H and O–H groups in total. The van der Waals surface area contributed by atoms with Crippen molar-refractivity contribution in [2.24, 2.45) is 11.7 Å². The Kier molecular flexibility index (Phi) is 4.08. The van der Waals surface area contributed by atoms with Gasteiger partial charge in [0.2, 0.25) is 0 Å². The molecule has 0 heterocycles. The lowest BCUT2D eigenvalue weighted by Gasteiger charge is -2.15. The summed E-state index contributed by atoms with van der Waals surface area (Å²) >= 11 is 6.11. The monoisotopic (exact) mass is 239 g/mol. The van der Waals surface area contributed by atoms with Crippen molar-refractivity contribution in [2.45, 2.75) is 32.2 Å². The lowest BCUT2D eigenvalue weighted by Crippen LogP contribution is -2.10. The summed E-state index contributed by atoms with van der Waals surface area (Å²) in [6.07, 6.45) is 5.23. The van der Waals surface area contributed by atoms with E-state index >= 15 is 0 Å². The second-order valence-electron chi connectivity index (χ2n) is 4.39. The first-order valence-electron chi connectivity index (χ1n) is 5.91. The summed E-state index contributed by atoms with van der Waals surface area (Å²) in [5, 5.41) is 0.668. The van der Waals surface area contributed by atoms with Crippen molar-refractivity contribution in [3.63, 3.8) is 0 Å². The van der Waals surface area contributed by atoms with Crippen LogP contribution in [0.15, 0.2) is 18.2 Å². The van der Waals surface area contributed by atoms with E-state index < -0.39 is 0 Å². The van der Waals surface area contributed by atoms with E-state index in [2.05, 4.69) is 0 Å². The van der Waals surface area contributed by atoms with Gasteiger partial charge in [0.05, 0.1) is 11.6 Å². The molecule has 1 saturated carbocycles. The molecule has 1 fully saturated rings. The minimum absolute atomic E-state index is 0.473. The zero-order valence-electron chi connectivity index (χ0n) is 9.42. The predicted octanol–water partition coefficient (Wildman–Crippen LogP) is 3.37. The molecule has 16 heavy (non-hydrogen) atoms. The third-order valence-corrected chi connectivity index (χ3v) is 3.50. The van der Waals surface area contributed by atoms with E-state index in [1.807, 2.05) is 18.2 Å². The number of halogens is 1. The van der Waals surface area contributed by atoms with Crippen molar-refractivity contribution in [1.82, 2.24) is 0 Å². The summed E-state index contributed by atoms with van der Waals surface area (Å²) in [5.74, 6) is 1.47. The van der Waals surface area contributed by atoms with Crippen LogP contribution in [0.5, 0.6) is 5.75 Å². The maximum atomic E-state index is 6.11. The van der Waals surface area contributed by atoms with Crippen LogP contribution in [0.1, 0.15) is 31.2 Å². The molecule has 0 radical (unpaired) electrons. The Morgan fingerprint density at radius 3 is 2.75 bits per heavy atom. The maximum absolute atomic E-state index is 6.11. The molecular weight excluding hydrogens is 222 g/mol. The van der Waals surface area contributed by atoms with Gasteiger partial charge >= 0.3 is 0 Å². The lowest BCUT2D eigenvalue weighted by atomic mass is 10.1. The van der Waals surface area contributed by atoms with Crippen molar-refractivity contribution in [1.29, 1.82) is 0 Å². The van der Waals surface area contributed by atoms with Crippen LogP contribution in [-0.2, 0) is 6.54 Å². The molecule has 0 saturated heterocycles. The van der Waals surface area contributed by atoms with Gasteiger partial charge in [-0.1, -0.05) is 36.6 Å². The van der Waals surface area contributed by atoms with Crippen LogP contribution in [-0.4, -0.2) is 6.61 Å². The first kappa shape index (κ1) is 11.7. The van der Waals surface area contributed by atoms with Crippen LogP contribution in [0.25, 0.3) is 0 Å². The van der Waals surface area contributed by atoms with Crippen molar-refractivity contribution < 1.29 is 4.74 Å². The van der Waals surface area contributed by atoms with Crippen LogP contribution < -0.4 is 10.5 Å². The normalized spacial score (nSPS) is 16.6. The van der Waals surface area contributed by atoms with Crippen LogP contribution in [0.3, 0.4) is 0 Å². The molecule has 0 bridgehead atoms. The third-order valence-electron chi connectivity index (χ3n) is 3.21. The molecule has 1 aliphatic rings. The number of benzene rings is 1. The van der Waals surface area contributed by atoms with Crippen molar-refractivity contribution in [2.75, 3.05) is 6.61 Å². The molecule has 1 aliphatic carbocycles. The largest absolute Gasteiger partial charge is 0.491 e. The second kappa shape index (κ2) is 5.55. The fraction of sp³-hybridized carbons (Fsp3) is 0.538. The second-order valence-corrected chi connectivity index (χ2v) is 4.80. The number of para-hydroxylation sites is 1. The number of rotatable bonds is 4. The van der Waals surface area contributed by atoms with Gasteiger partial charge in [0, 0.05) is 12.1 Å². The van der Waals surface area contributed by atoms with E-state index in [1.54, 1.807) is 0 Å². The molecule has 0 aromatic heterocycles. The lowest BCUT2D eigenvalue weighted by molar-refractivity contribution is 0.250. The average Bonchev–Trinajstić information content (AvgIpc) is 2.80. The topological polar surface area (TPSA) is 35.2 Å². The fourth-order valence-corrected chi connectivity index (χ4v) is 2.50. The molecule has 0 atom stereocenters. The third kappa shape index (κ3) is 2.69. The fourth-order valence-electron chi connectivity index (χ4n) is 2.25. The van der Waals surface area contributed by atoms with Gasteiger partial charge in [0.25, 0.3) is 0 Å². The predicted molar refractivity (Wildman–Crippen MR) is 66.8 cm³/mol. The van der Waals surface area contributed by atoms with E-state index in [9.17, 15) is 0 Å². The SMILES string of the molecule is NCc1cccc(Cl)c1OCC1CCCC1. The first-order chi connectivity index (χ1) is 7.81. The molecule has 3 heteroatoms. The molecule has 0 aliphatic heterocycles. The Morgan fingerprint density at radius 1 is 1.31 bits per heavy atom. The summed E-state index contributed by atoms with van der Waals surface area (Å²) < 4.78 is 5.83. The number of hydrogen-bond acceptors (Lipinski definition) is 2. The highest BCUT2D eigenvalue weighted by Gasteiger charge is 2.17. The minimum atomic E-state index is 0.473. The number of ether oxygens (including phenoxy) is 1. The highest BCUT2D eigenvalue weighted by Crippen LogP contribution is 2.31. The van der Waals surface area contributed by atoms with E-state index in [4.69, 9.17) is 22.1 Å². The highest BCUT2D eigenvalue weighted by atomic mass is 35.5. The van der Waals surface area contributed by atoms with Crippen LogP contribution in [0.4, 0.5) is 0 Å². The van der Waals surface area contributed by atoms with E-state index in [0.717, 1.165) is 17.9 Å². The van der Waals surface area contributed by atoms with E-state index in [0.29, 0.717) is 17.5 Å². The Morgan fingerprint density at radius 2 is 2.06 bits per heavy atom. The molecule has 1 aromatic rings. The van der Waals surface area contributed by atoms with Gasteiger partial charge in [-0.25, -0.2) is 0 Å². The highest BCUT2D eigenvalue weighted by molar-refractivity contribution is 6.32. The smallest absolute Gasteiger partial charge is 0.142 e. The van der Waals surface area contributed by atoms with Crippen LogP contribution in [0.2, 0.25) is 5.02 Å². The van der Waals surface area contributed by atoms with Gasteiger partial charge in [-0.3, -0.25) is 0 Å².